The van der Waals surface area contributed by atoms with Gasteiger partial charge in [0.1, 0.15) is 6.67 Å². The largest absolute Gasteiger partial charge is 0.354 e. The Morgan fingerprint density at radius 1 is 1.44 bits per heavy atom. The van der Waals surface area contributed by atoms with Gasteiger partial charge in [-0.15, -0.1) is 10.2 Å². The Morgan fingerprint density at radius 3 is 2.89 bits per heavy atom. The molecule has 1 N–H and O–H groups in total. The minimum atomic E-state index is -0.260. The molecule has 1 aromatic rings. The van der Waals surface area contributed by atoms with Crippen molar-refractivity contribution in [3.8, 4) is 0 Å². The second-order valence-electron chi connectivity index (χ2n) is 5.20. The molecule has 1 atom stereocenters. The van der Waals surface area contributed by atoms with Crippen LogP contribution in [0.3, 0.4) is 0 Å². The molecule has 0 bridgehead atoms. The van der Waals surface area contributed by atoms with Gasteiger partial charge in [0.05, 0.1) is 0 Å². The number of halogens is 2. The molecule has 1 aliphatic heterocycles. The molecule has 1 aromatic heterocycles. The van der Waals surface area contributed by atoms with E-state index in [0.29, 0.717) is 11.2 Å². The Labute approximate surface area is 111 Å². The van der Waals surface area contributed by atoms with Gasteiger partial charge in [0.15, 0.2) is 11.0 Å². The van der Waals surface area contributed by atoms with E-state index in [1.807, 2.05) is 6.07 Å². The van der Waals surface area contributed by atoms with Gasteiger partial charge in [-0.1, -0.05) is 11.6 Å². The van der Waals surface area contributed by atoms with Crippen LogP contribution >= 0.6 is 11.6 Å². The maximum absolute atomic E-state index is 12.8. The smallest absolute Gasteiger partial charge is 0.151 e. The molecule has 0 aromatic carbocycles. The average Bonchev–Trinajstić information content (AvgIpc) is 3.00. The van der Waals surface area contributed by atoms with E-state index in [9.17, 15) is 4.39 Å². The van der Waals surface area contributed by atoms with E-state index in [1.165, 1.54) is 0 Å². The summed E-state index contributed by atoms with van der Waals surface area (Å²) in [5.41, 5.74) is -0.216. The van der Waals surface area contributed by atoms with Crippen molar-refractivity contribution in [2.24, 2.45) is 0 Å². The fourth-order valence-corrected chi connectivity index (χ4v) is 2.57. The summed E-state index contributed by atoms with van der Waals surface area (Å²) in [5.74, 6) is 0.841. The minimum absolute atomic E-state index is 0.216. The van der Waals surface area contributed by atoms with Gasteiger partial charge in [0.25, 0.3) is 0 Å². The Morgan fingerprint density at radius 2 is 2.28 bits per heavy atom. The molecular weight excluding hydrogens is 255 g/mol. The van der Waals surface area contributed by atoms with Crippen LogP contribution in [-0.2, 0) is 0 Å². The summed E-state index contributed by atoms with van der Waals surface area (Å²) < 4.78 is 12.8. The van der Waals surface area contributed by atoms with Gasteiger partial charge in [-0.3, -0.25) is 0 Å². The first-order valence-corrected chi connectivity index (χ1v) is 6.66. The van der Waals surface area contributed by atoms with Crippen LogP contribution < -0.4 is 10.2 Å². The van der Waals surface area contributed by atoms with Gasteiger partial charge in [-0.05, 0) is 31.4 Å². The highest BCUT2D eigenvalue weighted by Gasteiger charge is 2.45. The SMILES string of the molecule is FCC1(NC2CCN(c3ccc(Cl)nn3)C2)CC1. The highest BCUT2D eigenvalue weighted by molar-refractivity contribution is 6.29. The number of nitrogens with zero attached hydrogens (tertiary/aromatic N) is 3. The highest BCUT2D eigenvalue weighted by atomic mass is 35.5. The van der Waals surface area contributed by atoms with Crippen molar-refractivity contribution in [2.75, 3.05) is 24.7 Å². The Kier molecular flexibility index (Phi) is 3.11. The Bertz CT molecular complexity index is 421. The highest BCUT2D eigenvalue weighted by Crippen LogP contribution is 2.37. The lowest BCUT2D eigenvalue weighted by Gasteiger charge is -2.21. The fraction of sp³-hybridized carbons (Fsp3) is 0.667. The van der Waals surface area contributed by atoms with Crippen molar-refractivity contribution in [1.29, 1.82) is 0 Å². The summed E-state index contributed by atoms with van der Waals surface area (Å²) in [7, 11) is 0. The number of alkyl halides is 1. The second kappa shape index (κ2) is 4.63. The molecule has 2 heterocycles. The van der Waals surface area contributed by atoms with E-state index in [1.54, 1.807) is 6.07 Å². The summed E-state index contributed by atoms with van der Waals surface area (Å²) in [4.78, 5) is 2.16. The molecule has 1 aliphatic carbocycles. The van der Waals surface area contributed by atoms with Crippen molar-refractivity contribution in [3.05, 3.63) is 17.3 Å². The zero-order chi connectivity index (χ0) is 12.6. The van der Waals surface area contributed by atoms with Crippen LogP contribution in [0.1, 0.15) is 19.3 Å². The van der Waals surface area contributed by atoms with Crippen LogP contribution in [0.25, 0.3) is 0 Å². The lowest BCUT2D eigenvalue weighted by molar-refractivity contribution is 0.332. The third kappa shape index (κ3) is 2.42. The van der Waals surface area contributed by atoms with Crippen molar-refractivity contribution >= 4 is 17.4 Å². The van der Waals surface area contributed by atoms with E-state index < -0.39 is 0 Å². The molecule has 1 unspecified atom stereocenters. The molecule has 4 nitrogen and oxygen atoms in total. The number of hydrogen-bond acceptors (Lipinski definition) is 4. The summed E-state index contributed by atoms with van der Waals surface area (Å²) in [6.07, 6.45) is 2.94. The molecular formula is C12H16ClFN4. The lowest BCUT2D eigenvalue weighted by Crippen LogP contribution is -2.43. The van der Waals surface area contributed by atoms with Crippen LogP contribution in [0.4, 0.5) is 10.2 Å². The maximum atomic E-state index is 12.8. The molecule has 1 saturated heterocycles. The summed E-state index contributed by atoms with van der Waals surface area (Å²) in [6, 6.07) is 3.97. The van der Waals surface area contributed by atoms with E-state index in [2.05, 4.69) is 20.4 Å². The van der Waals surface area contributed by atoms with Crippen LogP contribution in [0.15, 0.2) is 12.1 Å². The van der Waals surface area contributed by atoms with Crippen LogP contribution in [0, 0.1) is 0 Å². The zero-order valence-corrected chi connectivity index (χ0v) is 10.8. The van der Waals surface area contributed by atoms with Gasteiger partial charge in [-0.2, -0.15) is 0 Å². The van der Waals surface area contributed by atoms with Gasteiger partial charge in [0, 0.05) is 24.7 Å². The monoisotopic (exact) mass is 270 g/mol. The molecule has 18 heavy (non-hydrogen) atoms. The van der Waals surface area contributed by atoms with Crippen LogP contribution in [0.2, 0.25) is 5.15 Å². The first-order valence-electron chi connectivity index (χ1n) is 6.29. The number of nitrogens with one attached hydrogen (secondary N) is 1. The van der Waals surface area contributed by atoms with Crippen LogP contribution in [0.5, 0.6) is 0 Å². The molecule has 3 rings (SSSR count). The average molecular weight is 271 g/mol. The van der Waals surface area contributed by atoms with Gasteiger partial charge < -0.3 is 10.2 Å². The van der Waals surface area contributed by atoms with E-state index in [-0.39, 0.29) is 12.2 Å². The first kappa shape index (κ1) is 12.1. The van der Waals surface area contributed by atoms with E-state index in [0.717, 1.165) is 38.2 Å². The van der Waals surface area contributed by atoms with Crippen molar-refractivity contribution < 1.29 is 4.39 Å². The number of rotatable bonds is 4. The van der Waals surface area contributed by atoms with Crippen molar-refractivity contribution in [1.82, 2.24) is 15.5 Å². The first-order chi connectivity index (χ1) is 8.71. The summed E-state index contributed by atoms with van der Waals surface area (Å²) in [6.45, 7) is 1.53. The van der Waals surface area contributed by atoms with Gasteiger partial charge in [0.2, 0.25) is 0 Å². The molecule has 98 valence electrons. The van der Waals surface area contributed by atoms with Gasteiger partial charge in [-0.25, -0.2) is 4.39 Å². The standard InChI is InChI=1S/C12H16ClFN4/c13-10-1-2-11(17-16-10)18-6-3-9(7-18)15-12(8-14)4-5-12/h1-2,9,15H,3-8H2. The third-order valence-corrected chi connectivity index (χ3v) is 3.95. The Hall–Kier alpha value is -0.940. The second-order valence-corrected chi connectivity index (χ2v) is 5.59. The Balaban J connectivity index is 1.59. The predicted octanol–water partition coefficient (Wildman–Crippen LogP) is 1.80. The molecule has 2 aliphatic rings. The molecule has 6 heteroatoms. The fourth-order valence-electron chi connectivity index (χ4n) is 2.46. The third-order valence-electron chi connectivity index (χ3n) is 3.75. The van der Waals surface area contributed by atoms with Crippen molar-refractivity contribution in [2.45, 2.75) is 30.8 Å². The molecule has 0 amide bonds. The predicted molar refractivity (Wildman–Crippen MR) is 68.7 cm³/mol. The summed E-state index contributed by atoms with van der Waals surface area (Å²) >= 11 is 5.72. The van der Waals surface area contributed by atoms with Crippen molar-refractivity contribution in [3.63, 3.8) is 0 Å². The molecule has 0 spiro atoms. The number of anilines is 1. The summed E-state index contributed by atoms with van der Waals surface area (Å²) in [5, 5.41) is 11.8. The number of aromatic nitrogens is 2. The maximum Gasteiger partial charge on any atom is 0.151 e. The topological polar surface area (TPSA) is 41.0 Å². The van der Waals surface area contributed by atoms with E-state index in [4.69, 9.17) is 11.6 Å². The zero-order valence-electron chi connectivity index (χ0n) is 10.1. The molecule has 2 fully saturated rings. The lowest BCUT2D eigenvalue weighted by atomic mass is 10.2. The normalized spacial score (nSPS) is 25.4. The molecule has 1 saturated carbocycles. The quantitative estimate of drug-likeness (QED) is 0.906. The van der Waals surface area contributed by atoms with Crippen LogP contribution in [-0.4, -0.2) is 41.5 Å². The van der Waals surface area contributed by atoms with E-state index >= 15 is 0 Å². The molecule has 0 radical (unpaired) electrons. The minimum Gasteiger partial charge on any atom is -0.354 e. The van der Waals surface area contributed by atoms with Gasteiger partial charge >= 0.3 is 0 Å². The number of hydrogen-bond donors (Lipinski definition) is 1.